The number of nitrogens with one attached hydrogen (secondary N) is 1. The molecule has 0 radical (unpaired) electrons. The van der Waals surface area contributed by atoms with Crippen LogP contribution in [0.15, 0.2) is 48.8 Å². The molecule has 0 aromatic carbocycles. The van der Waals surface area contributed by atoms with Crippen LogP contribution >= 0.6 is 0 Å². The number of carbonyl (C=O) groups excluding carboxylic acids is 1. The van der Waals surface area contributed by atoms with Crippen molar-refractivity contribution in [2.75, 3.05) is 42.9 Å². The number of aromatic nitrogens is 2. The molecule has 6 nitrogen and oxygen atoms in total. The summed E-state index contributed by atoms with van der Waals surface area (Å²) in [5.74, 6) is 2.53. The Bertz CT molecular complexity index is 1010. The van der Waals surface area contributed by atoms with Gasteiger partial charge in [-0.05, 0) is 61.6 Å². The lowest BCUT2D eigenvalue weighted by Gasteiger charge is -2.35. The predicted molar refractivity (Wildman–Crippen MR) is 116 cm³/mol. The lowest BCUT2D eigenvalue weighted by atomic mass is 10.2. The summed E-state index contributed by atoms with van der Waals surface area (Å²) in [6.07, 6.45) is 6.51. The van der Waals surface area contributed by atoms with Crippen molar-refractivity contribution >= 4 is 23.1 Å². The van der Waals surface area contributed by atoms with Crippen molar-refractivity contribution in [1.82, 2.24) is 14.3 Å². The van der Waals surface area contributed by atoms with Crippen LogP contribution in [-0.2, 0) is 0 Å². The smallest absolute Gasteiger partial charge is 0.258 e. The maximum atomic E-state index is 12.7. The van der Waals surface area contributed by atoms with Gasteiger partial charge < -0.3 is 14.6 Å². The molecular formula is C23H27N5O. The molecule has 0 unspecified atom stereocenters. The molecule has 5 rings (SSSR count). The van der Waals surface area contributed by atoms with Crippen molar-refractivity contribution in [3.8, 4) is 0 Å². The molecule has 1 saturated carbocycles. The Balaban J connectivity index is 1.32. The van der Waals surface area contributed by atoms with Gasteiger partial charge in [0.15, 0.2) is 0 Å². The fourth-order valence-corrected chi connectivity index (χ4v) is 4.03. The molecule has 3 aromatic rings. The molecule has 1 N–H and O–H groups in total. The summed E-state index contributed by atoms with van der Waals surface area (Å²) in [6, 6.07) is 11.9. The zero-order chi connectivity index (χ0) is 19.8. The van der Waals surface area contributed by atoms with E-state index >= 15 is 0 Å². The Kier molecular flexibility index (Phi) is 4.72. The zero-order valence-corrected chi connectivity index (χ0v) is 16.8. The third-order valence-corrected chi connectivity index (χ3v) is 5.95. The van der Waals surface area contributed by atoms with E-state index in [2.05, 4.69) is 36.6 Å². The minimum Gasteiger partial charge on any atom is -0.355 e. The van der Waals surface area contributed by atoms with Gasteiger partial charge in [0.05, 0.1) is 5.56 Å². The van der Waals surface area contributed by atoms with Crippen LogP contribution < -0.4 is 10.2 Å². The van der Waals surface area contributed by atoms with Gasteiger partial charge in [-0.25, -0.2) is 4.98 Å². The van der Waals surface area contributed by atoms with E-state index in [-0.39, 0.29) is 5.91 Å². The number of fused-ring (bicyclic) bond motifs is 1. The largest absolute Gasteiger partial charge is 0.355 e. The number of carbonyl (C=O) groups is 1. The highest BCUT2D eigenvalue weighted by Gasteiger charge is 2.27. The van der Waals surface area contributed by atoms with Crippen LogP contribution in [0.3, 0.4) is 0 Å². The van der Waals surface area contributed by atoms with Crippen LogP contribution in [0.5, 0.6) is 0 Å². The molecule has 1 aliphatic heterocycles. The summed E-state index contributed by atoms with van der Waals surface area (Å²) in [6.45, 7) is 7.53. The highest BCUT2D eigenvalue weighted by Crippen LogP contribution is 2.30. The van der Waals surface area contributed by atoms with Crippen LogP contribution in [0.4, 0.5) is 11.6 Å². The molecule has 6 heteroatoms. The lowest BCUT2D eigenvalue weighted by Crippen LogP contribution is -2.47. The van der Waals surface area contributed by atoms with E-state index in [1.54, 1.807) is 6.20 Å². The Labute approximate surface area is 171 Å². The van der Waals surface area contributed by atoms with Crippen molar-refractivity contribution in [3.05, 3.63) is 59.9 Å². The number of hydrogen-bond acceptors (Lipinski definition) is 4. The number of nitrogens with zero attached hydrogens (tertiary/aromatic N) is 4. The third-order valence-electron chi connectivity index (χ3n) is 5.95. The van der Waals surface area contributed by atoms with Gasteiger partial charge in [0.1, 0.15) is 11.6 Å². The van der Waals surface area contributed by atoms with E-state index < -0.39 is 0 Å². The van der Waals surface area contributed by atoms with E-state index in [0.29, 0.717) is 11.4 Å². The fraction of sp³-hybridized carbons (Fsp3) is 0.391. The molecule has 2 fully saturated rings. The van der Waals surface area contributed by atoms with E-state index in [9.17, 15) is 4.79 Å². The van der Waals surface area contributed by atoms with Gasteiger partial charge in [0.25, 0.3) is 5.91 Å². The first kappa shape index (κ1) is 18.2. The summed E-state index contributed by atoms with van der Waals surface area (Å²) in [5, 5.41) is 2.89. The number of aryl methyl sites for hydroxylation is 1. The van der Waals surface area contributed by atoms with Crippen molar-refractivity contribution < 1.29 is 4.79 Å². The molecule has 1 saturated heterocycles. The van der Waals surface area contributed by atoms with Gasteiger partial charge in [-0.1, -0.05) is 6.07 Å². The minimum atomic E-state index is -0.142. The van der Waals surface area contributed by atoms with Crippen LogP contribution in [0, 0.1) is 12.8 Å². The molecule has 1 amide bonds. The third kappa shape index (κ3) is 3.98. The molecule has 29 heavy (non-hydrogen) atoms. The normalized spacial score (nSPS) is 17.6. The lowest BCUT2D eigenvalue weighted by molar-refractivity contribution is 0.102. The van der Waals surface area contributed by atoms with Gasteiger partial charge in [0, 0.05) is 50.6 Å². The molecule has 0 bridgehead atoms. The number of piperazine rings is 1. The summed E-state index contributed by atoms with van der Waals surface area (Å²) >= 11 is 0. The standard InChI is InChI=1S/C23H27N5O/c1-17-2-8-21(24-14-17)25-23(29)19-5-6-20-7-9-22(28(20)16-19)27-12-10-26(11-13-27)15-18-3-4-18/h2,5-9,14,16,18H,3-4,10-13,15H2,1H3,(H,24,25,29). The van der Waals surface area contributed by atoms with Crippen molar-refractivity contribution in [2.45, 2.75) is 19.8 Å². The summed E-state index contributed by atoms with van der Waals surface area (Å²) in [7, 11) is 0. The van der Waals surface area contributed by atoms with Gasteiger partial charge >= 0.3 is 0 Å². The van der Waals surface area contributed by atoms with Crippen molar-refractivity contribution in [1.29, 1.82) is 0 Å². The van der Waals surface area contributed by atoms with Crippen LogP contribution in [0.25, 0.3) is 5.52 Å². The van der Waals surface area contributed by atoms with Crippen molar-refractivity contribution in [2.24, 2.45) is 5.92 Å². The maximum absolute atomic E-state index is 12.7. The van der Waals surface area contributed by atoms with Crippen molar-refractivity contribution in [3.63, 3.8) is 0 Å². The summed E-state index contributed by atoms with van der Waals surface area (Å²) in [5.41, 5.74) is 2.80. The highest BCUT2D eigenvalue weighted by molar-refractivity contribution is 6.03. The second-order valence-electron chi connectivity index (χ2n) is 8.31. The summed E-state index contributed by atoms with van der Waals surface area (Å²) in [4.78, 5) is 22.0. The second-order valence-corrected chi connectivity index (χ2v) is 8.31. The molecule has 0 atom stereocenters. The van der Waals surface area contributed by atoms with Gasteiger partial charge in [-0.2, -0.15) is 0 Å². The van der Waals surface area contributed by atoms with Crippen LogP contribution in [0.2, 0.25) is 0 Å². The number of hydrogen-bond donors (Lipinski definition) is 1. The molecule has 4 heterocycles. The molecule has 0 spiro atoms. The first-order valence-corrected chi connectivity index (χ1v) is 10.5. The predicted octanol–water partition coefficient (Wildman–Crippen LogP) is 3.43. The quantitative estimate of drug-likeness (QED) is 0.726. The molecule has 1 aliphatic carbocycles. The minimum absolute atomic E-state index is 0.142. The zero-order valence-electron chi connectivity index (χ0n) is 16.8. The Morgan fingerprint density at radius 3 is 2.59 bits per heavy atom. The van der Waals surface area contributed by atoms with Crippen LogP contribution in [0.1, 0.15) is 28.8 Å². The van der Waals surface area contributed by atoms with Gasteiger partial charge in [-0.3, -0.25) is 9.69 Å². The molecule has 3 aromatic heterocycles. The van der Waals surface area contributed by atoms with E-state index in [1.807, 2.05) is 37.4 Å². The van der Waals surface area contributed by atoms with E-state index in [0.717, 1.165) is 49.0 Å². The van der Waals surface area contributed by atoms with Gasteiger partial charge in [0.2, 0.25) is 0 Å². The molecule has 150 valence electrons. The van der Waals surface area contributed by atoms with Gasteiger partial charge in [-0.15, -0.1) is 0 Å². The van der Waals surface area contributed by atoms with E-state index in [1.165, 1.54) is 19.4 Å². The first-order chi connectivity index (χ1) is 14.2. The highest BCUT2D eigenvalue weighted by atomic mass is 16.1. The Morgan fingerprint density at radius 1 is 1.07 bits per heavy atom. The Morgan fingerprint density at radius 2 is 1.86 bits per heavy atom. The van der Waals surface area contributed by atoms with Crippen LogP contribution in [-0.4, -0.2) is 52.9 Å². The SMILES string of the molecule is Cc1ccc(NC(=O)c2ccc3ccc(N4CCN(CC5CC5)CC4)n3c2)nc1. The average Bonchev–Trinajstić information content (AvgIpc) is 3.45. The number of amides is 1. The van der Waals surface area contributed by atoms with E-state index in [4.69, 9.17) is 0 Å². The monoisotopic (exact) mass is 389 g/mol. The molecular weight excluding hydrogens is 362 g/mol. The number of rotatable bonds is 5. The topological polar surface area (TPSA) is 52.9 Å². The average molecular weight is 390 g/mol. The second kappa shape index (κ2) is 7.52. The number of anilines is 2. The first-order valence-electron chi connectivity index (χ1n) is 10.5. The number of pyridine rings is 2. The maximum Gasteiger partial charge on any atom is 0.258 e. The summed E-state index contributed by atoms with van der Waals surface area (Å²) < 4.78 is 2.13. The molecule has 2 aliphatic rings. The fourth-order valence-electron chi connectivity index (χ4n) is 4.03. The Hall–Kier alpha value is -2.86.